The lowest BCUT2D eigenvalue weighted by Gasteiger charge is -2.07. The average Bonchev–Trinajstić information content (AvgIpc) is 2.07. The maximum absolute atomic E-state index is 12.8. The van der Waals surface area contributed by atoms with E-state index >= 15 is 0 Å². The van der Waals surface area contributed by atoms with Gasteiger partial charge in [-0.05, 0) is 23.8 Å². The van der Waals surface area contributed by atoms with E-state index in [4.69, 9.17) is 0 Å². The molecule has 1 radical (unpaired) electrons. The van der Waals surface area contributed by atoms with Crippen LogP contribution in [0, 0.1) is 5.82 Å². The Labute approximate surface area is 77.3 Å². The molecule has 0 aliphatic rings. The van der Waals surface area contributed by atoms with Crippen molar-refractivity contribution in [2.75, 3.05) is 0 Å². The molecule has 1 aromatic carbocycles. The van der Waals surface area contributed by atoms with Crippen molar-refractivity contribution >= 4 is 6.29 Å². The summed E-state index contributed by atoms with van der Waals surface area (Å²) in [5.74, 6) is -0.832. The first-order chi connectivity index (χ1) is 6.45. The van der Waals surface area contributed by atoms with E-state index in [0.29, 0.717) is 18.2 Å². The number of hydrogen-bond donors (Lipinski definition) is 0. The van der Waals surface area contributed by atoms with Crippen LogP contribution in [0.1, 0.15) is 11.1 Å². The minimum atomic E-state index is -4.52. The van der Waals surface area contributed by atoms with Crippen LogP contribution in [0.15, 0.2) is 18.2 Å². The molecular formula is C9H5F4O. The fourth-order valence-corrected chi connectivity index (χ4v) is 0.964. The number of benzene rings is 1. The summed E-state index contributed by atoms with van der Waals surface area (Å²) in [6.07, 6.45) is -3.65. The maximum Gasteiger partial charge on any atom is 0.416 e. The largest absolute Gasteiger partial charge is 0.416 e. The van der Waals surface area contributed by atoms with Crippen molar-refractivity contribution in [2.45, 2.75) is 12.6 Å². The van der Waals surface area contributed by atoms with E-state index in [9.17, 15) is 22.4 Å². The molecular weight excluding hydrogens is 200 g/mol. The molecule has 0 aromatic heterocycles. The quantitative estimate of drug-likeness (QED) is 0.678. The van der Waals surface area contributed by atoms with Gasteiger partial charge in [-0.3, -0.25) is 4.79 Å². The molecule has 1 aromatic rings. The second-order valence-electron chi connectivity index (χ2n) is 2.63. The van der Waals surface area contributed by atoms with E-state index in [1.807, 2.05) is 0 Å². The third-order valence-corrected chi connectivity index (χ3v) is 1.64. The van der Waals surface area contributed by atoms with Crippen molar-refractivity contribution in [1.29, 1.82) is 0 Å². The van der Waals surface area contributed by atoms with Gasteiger partial charge in [0.05, 0.1) is 5.56 Å². The van der Waals surface area contributed by atoms with Crippen molar-refractivity contribution in [3.63, 3.8) is 0 Å². The van der Waals surface area contributed by atoms with Gasteiger partial charge >= 0.3 is 6.18 Å². The average molecular weight is 205 g/mol. The summed E-state index contributed by atoms with van der Waals surface area (Å²) >= 11 is 0. The third-order valence-electron chi connectivity index (χ3n) is 1.64. The zero-order chi connectivity index (χ0) is 10.8. The Morgan fingerprint density at radius 3 is 2.43 bits per heavy atom. The smallest absolute Gasteiger partial charge is 0.291 e. The molecule has 0 aliphatic heterocycles. The zero-order valence-corrected chi connectivity index (χ0v) is 6.86. The van der Waals surface area contributed by atoms with Crippen LogP contribution in [-0.4, -0.2) is 6.29 Å². The minimum absolute atomic E-state index is 0.296. The lowest BCUT2D eigenvalue weighted by Crippen LogP contribution is -2.06. The molecule has 0 saturated heterocycles. The van der Waals surface area contributed by atoms with Crippen LogP contribution < -0.4 is 0 Å². The number of hydrogen-bond acceptors (Lipinski definition) is 1. The second-order valence-corrected chi connectivity index (χ2v) is 2.63. The highest BCUT2D eigenvalue weighted by molar-refractivity contribution is 5.56. The highest BCUT2D eigenvalue weighted by Gasteiger charge is 2.30. The van der Waals surface area contributed by atoms with Gasteiger partial charge in [0.2, 0.25) is 6.29 Å². The third kappa shape index (κ3) is 2.31. The van der Waals surface area contributed by atoms with Crippen LogP contribution in [-0.2, 0) is 17.4 Å². The summed E-state index contributed by atoms with van der Waals surface area (Å²) in [5, 5.41) is 0. The molecule has 1 rings (SSSR count). The highest BCUT2D eigenvalue weighted by Crippen LogP contribution is 2.30. The molecule has 0 N–H and O–H groups in total. The Hall–Kier alpha value is -1.39. The molecule has 0 fully saturated rings. The topological polar surface area (TPSA) is 17.1 Å². The Balaban J connectivity index is 3.12. The number of alkyl halides is 3. The van der Waals surface area contributed by atoms with Gasteiger partial charge < -0.3 is 0 Å². The molecule has 0 heterocycles. The van der Waals surface area contributed by atoms with Crippen molar-refractivity contribution in [3.8, 4) is 0 Å². The summed E-state index contributed by atoms with van der Waals surface area (Å²) in [6.45, 7) is 0. The summed E-state index contributed by atoms with van der Waals surface area (Å²) in [5.41, 5.74) is -1.26. The van der Waals surface area contributed by atoms with Gasteiger partial charge in [-0.1, -0.05) is 0 Å². The van der Waals surface area contributed by atoms with Gasteiger partial charge in [-0.25, -0.2) is 4.39 Å². The van der Waals surface area contributed by atoms with Crippen LogP contribution in [0.4, 0.5) is 17.6 Å². The first-order valence-corrected chi connectivity index (χ1v) is 3.66. The molecule has 0 aliphatic carbocycles. The van der Waals surface area contributed by atoms with Gasteiger partial charge in [-0.2, -0.15) is 13.2 Å². The monoisotopic (exact) mass is 205 g/mol. The van der Waals surface area contributed by atoms with Crippen molar-refractivity contribution in [2.24, 2.45) is 0 Å². The van der Waals surface area contributed by atoms with E-state index < -0.39 is 24.0 Å². The molecule has 0 amide bonds. The zero-order valence-electron chi connectivity index (χ0n) is 6.86. The van der Waals surface area contributed by atoms with Crippen molar-refractivity contribution in [1.82, 2.24) is 0 Å². The molecule has 14 heavy (non-hydrogen) atoms. The Morgan fingerprint density at radius 1 is 1.29 bits per heavy atom. The molecule has 75 valence electrons. The van der Waals surface area contributed by atoms with Crippen LogP contribution in [0.25, 0.3) is 0 Å². The Morgan fingerprint density at radius 2 is 1.93 bits per heavy atom. The molecule has 0 unspecified atom stereocenters. The fraction of sp³-hybridized carbons (Fsp3) is 0.222. The summed E-state index contributed by atoms with van der Waals surface area (Å²) in [4.78, 5) is 9.91. The molecule has 0 spiro atoms. The minimum Gasteiger partial charge on any atom is -0.291 e. The van der Waals surface area contributed by atoms with Crippen LogP contribution in [0.3, 0.4) is 0 Å². The van der Waals surface area contributed by atoms with E-state index in [2.05, 4.69) is 0 Å². The van der Waals surface area contributed by atoms with Gasteiger partial charge in [0.1, 0.15) is 5.82 Å². The molecule has 1 nitrogen and oxygen atoms in total. The first kappa shape index (κ1) is 10.7. The maximum atomic E-state index is 12.8. The number of rotatable bonds is 2. The van der Waals surface area contributed by atoms with Gasteiger partial charge in [0.25, 0.3) is 0 Å². The Bertz CT molecular complexity index is 343. The Kier molecular flexibility index (Phi) is 2.88. The fourth-order valence-electron chi connectivity index (χ4n) is 0.964. The normalized spacial score (nSPS) is 11.4. The number of carbonyl (C=O) groups excluding carboxylic acids is 1. The van der Waals surface area contributed by atoms with E-state index in [1.54, 1.807) is 0 Å². The summed E-state index contributed by atoms with van der Waals surface area (Å²) < 4.78 is 49.2. The predicted molar refractivity (Wildman–Crippen MR) is 40.8 cm³/mol. The highest BCUT2D eigenvalue weighted by atomic mass is 19.4. The first-order valence-electron chi connectivity index (χ1n) is 3.66. The standard InChI is InChI=1S/C9H5F4O/c10-8-2-1-7(9(11,12)13)5-6(8)3-4-14/h1-2,5H,3H2. The molecule has 0 saturated carbocycles. The van der Waals surface area contributed by atoms with Gasteiger partial charge in [0, 0.05) is 6.42 Å². The molecule has 0 atom stereocenters. The van der Waals surface area contributed by atoms with Gasteiger partial charge in [0.15, 0.2) is 0 Å². The van der Waals surface area contributed by atoms with Crippen LogP contribution in [0.5, 0.6) is 0 Å². The lowest BCUT2D eigenvalue weighted by atomic mass is 10.1. The van der Waals surface area contributed by atoms with E-state index in [0.717, 1.165) is 0 Å². The van der Waals surface area contributed by atoms with Crippen molar-refractivity contribution < 1.29 is 22.4 Å². The van der Waals surface area contributed by atoms with E-state index in [1.165, 1.54) is 6.29 Å². The van der Waals surface area contributed by atoms with Crippen LogP contribution in [0.2, 0.25) is 0 Å². The lowest BCUT2D eigenvalue weighted by molar-refractivity contribution is -0.137. The predicted octanol–water partition coefficient (Wildman–Crippen LogP) is 2.50. The van der Waals surface area contributed by atoms with Crippen LogP contribution >= 0.6 is 0 Å². The summed E-state index contributed by atoms with van der Waals surface area (Å²) in [7, 11) is 0. The van der Waals surface area contributed by atoms with Gasteiger partial charge in [-0.15, -0.1) is 0 Å². The molecule has 5 heteroatoms. The second kappa shape index (κ2) is 3.77. The summed E-state index contributed by atoms with van der Waals surface area (Å²) in [6, 6.07) is 1.93. The molecule has 0 bridgehead atoms. The SMILES string of the molecule is O=[C]Cc1cc(C(F)(F)F)ccc1F. The van der Waals surface area contributed by atoms with E-state index in [-0.39, 0.29) is 5.56 Å². The number of halogens is 4. The van der Waals surface area contributed by atoms with Crippen molar-refractivity contribution in [3.05, 3.63) is 35.1 Å².